The third-order valence-corrected chi connectivity index (χ3v) is 4.53. The molecule has 0 atom stereocenters. The summed E-state index contributed by atoms with van der Waals surface area (Å²) in [7, 11) is -2.58. The molecule has 0 aliphatic carbocycles. The van der Waals surface area contributed by atoms with Crippen molar-refractivity contribution in [3.63, 3.8) is 0 Å². The Hall–Kier alpha value is -1.66. The van der Waals surface area contributed by atoms with Gasteiger partial charge >= 0.3 is 0 Å². The standard InChI is InChI=1S/C12H10ClFN2O2S/c1-16(11-5-3-2-4-10(11)14)19(17,18)9-6-7-12(13)15-8-9/h2-8H,1H3. The summed E-state index contributed by atoms with van der Waals surface area (Å²) in [4.78, 5) is 3.66. The van der Waals surface area contributed by atoms with Crippen LogP contribution in [0.3, 0.4) is 0 Å². The van der Waals surface area contributed by atoms with Gasteiger partial charge in [-0.25, -0.2) is 17.8 Å². The quantitative estimate of drug-likeness (QED) is 0.819. The van der Waals surface area contributed by atoms with Crippen LogP contribution in [0.25, 0.3) is 0 Å². The lowest BCUT2D eigenvalue weighted by Crippen LogP contribution is -2.27. The maximum atomic E-state index is 13.6. The Morgan fingerprint density at radius 3 is 2.47 bits per heavy atom. The summed E-state index contributed by atoms with van der Waals surface area (Å²) < 4.78 is 39.0. The third-order valence-electron chi connectivity index (χ3n) is 2.55. The molecule has 1 aromatic heterocycles. The number of pyridine rings is 1. The molecule has 0 aliphatic rings. The van der Waals surface area contributed by atoms with Crippen LogP contribution in [0.2, 0.25) is 5.15 Å². The van der Waals surface area contributed by atoms with E-state index in [0.717, 1.165) is 10.5 Å². The molecule has 2 rings (SSSR count). The molecular weight excluding hydrogens is 291 g/mol. The van der Waals surface area contributed by atoms with E-state index < -0.39 is 15.8 Å². The van der Waals surface area contributed by atoms with E-state index in [2.05, 4.69) is 4.98 Å². The minimum Gasteiger partial charge on any atom is -0.266 e. The van der Waals surface area contributed by atoms with Crippen LogP contribution in [0.4, 0.5) is 10.1 Å². The summed E-state index contributed by atoms with van der Waals surface area (Å²) in [6.07, 6.45) is 1.13. The van der Waals surface area contributed by atoms with Crippen molar-refractivity contribution in [3.05, 3.63) is 53.6 Å². The lowest BCUT2D eigenvalue weighted by atomic mass is 10.3. The van der Waals surface area contributed by atoms with Crippen molar-refractivity contribution in [2.45, 2.75) is 4.90 Å². The van der Waals surface area contributed by atoms with Gasteiger partial charge in [-0.1, -0.05) is 23.7 Å². The van der Waals surface area contributed by atoms with Crippen molar-refractivity contribution in [2.75, 3.05) is 11.4 Å². The Kier molecular flexibility index (Phi) is 3.73. The maximum absolute atomic E-state index is 13.6. The molecule has 0 spiro atoms. The van der Waals surface area contributed by atoms with Crippen molar-refractivity contribution in [2.24, 2.45) is 0 Å². The van der Waals surface area contributed by atoms with Crippen molar-refractivity contribution in [3.8, 4) is 0 Å². The summed E-state index contributed by atoms with van der Waals surface area (Å²) in [5.74, 6) is -0.615. The largest absolute Gasteiger partial charge is 0.266 e. The second kappa shape index (κ2) is 5.14. The average molecular weight is 301 g/mol. The first kappa shape index (κ1) is 13.8. The van der Waals surface area contributed by atoms with E-state index in [1.54, 1.807) is 6.07 Å². The minimum atomic E-state index is -3.86. The van der Waals surface area contributed by atoms with Crippen molar-refractivity contribution < 1.29 is 12.8 Å². The molecule has 0 aliphatic heterocycles. The zero-order valence-corrected chi connectivity index (χ0v) is 11.5. The molecule has 0 saturated heterocycles. The fourth-order valence-electron chi connectivity index (χ4n) is 1.51. The predicted molar refractivity (Wildman–Crippen MR) is 71.2 cm³/mol. The van der Waals surface area contributed by atoms with E-state index >= 15 is 0 Å². The van der Waals surface area contributed by atoms with Gasteiger partial charge in [-0.3, -0.25) is 4.31 Å². The van der Waals surface area contributed by atoms with Crippen LogP contribution in [0, 0.1) is 5.82 Å². The maximum Gasteiger partial charge on any atom is 0.265 e. The molecule has 1 heterocycles. The van der Waals surface area contributed by atoms with Gasteiger partial charge in [-0.15, -0.1) is 0 Å². The molecule has 4 nitrogen and oxygen atoms in total. The number of rotatable bonds is 3. The molecule has 2 aromatic rings. The number of nitrogens with zero attached hydrogens (tertiary/aromatic N) is 2. The number of halogens is 2. The second-order valence-corrected chi connectivity index (χ2v) is 6.10. The van der Waals surface area contributed by atoms with Gasteiger partial charge in [0.05, 0.1) is 5.69 Å². The number of benzene rings is 1. The molecular formula is C12H10ClFN2O2S. The number of aromatic nitrogens is 1. The van der Waals surface area contributed by atoms with Gasteiger partial charge in [0.25, 0.3) is 10.0 Å². The zero-order chi connectivity index (χ0) is 14.0. The molecule has 0 fully saturated rings. The highest BCUT2D eigenvalue weighted by Crippen LogP contribution is 2.24. The topological polar surface area (TPSA) is 50.3 Å². The van der Waals surface area contributed by atoms with Crippen LogP contribution in [-0.4, -0.2) is 20.4 Å². The van der Waals surface area contributed by atoms with Crippen molar-refractivity contribution in [1.29, 1.82) is 0 Å². The molecule has 7 heteroatoms. The van der Waals surface area contributed by atoms with Gasteiger partial charge in [0.15, 0.2) is 0 Å². The van der Waals surface area contributed by atoms with E-state index in [9.17, 15) is 12.8 Å². The summed E-state index contributed by atoms with van der Waals surface area (Å²) in [6, 6.07) is 8.32. The molecule has 0 unspecified atom stereocenters. The Morgan fingerprint density at radius 2 is 1.89 bits per heavy atom. The van der Waals surface area contributed by atoms with Gasteiger partial charge in [-0.2, -0.15) is 0 Å². The Balaban J connectivity index is 2.45. The monoisotopic (exact) mass is 300 g/mol. The summed E-state index contributed by atoms with van der Waals surface area (Å²) in [6.45, 7) is 0. The first-order chi connectivity index (χ1) is 8.93. The van der Waals surface area contributed by atoms with Crippen molar-refractivity contribution >= 4 is 27.3 Å². The van der Waals surface area contributed by atoms with E-state index in [1.807, 2.05) is 0 Å². The Morgan fingerprint density at radius 1 is 1.21 bits per heavy atom. The Bertz CT molecular complexity index is 689. The van der Waals surface area contributed by atoms with E-state index in [4.69, 9.17) is 11.6 Å². The fraction of sp³-hybridized carbons (Fsp3) is 0.0833. The Labute approximate surface area is 115 Å². The third kappa shape index (κ3) is 2.69. The summed E-state index contributed by atoms with van der Waals surface area (Å²) in [5, 5.41) is 0.187. The summed E-state index contributed by atoms with van der Waals surface area (Å²) >= 11 is 5.60. The minimum absolute atomic E-state index is 0.0301. The molecule has 0 amide bonds. The SMILES string of the molecule is CN(c1ccccc1F)S(=O)(=O)c1ccc(Cl)nc1. The number of hydrogen-bond acceptors (Lipinski definition) is 3. The van der Waals surface area contributed by atoms with Crippen LogP contribution in [0.5, 0.6) is 0 Å². The molecule has 0 N–H and O–H groups in total. The van der Waals surface area contributed by atoms with Crippen LogP contribution in [0.15, 0.2) is 47.5 Å². The van der Waals surface area contributed by atoms with E-state index in [0.29, 0.717) is 0 Å². The smallest absolute Gasteiger partial charge is 0.265 e. The first-order valence-electron chi connectivity index (χ1n) is 5.28. The molecule has 1 aromatic carbocycles. The number of para-hydroxylation sites is 1. The molecule has 0 saturated carbocycles. The first-order valence-corrected chi connectivity index (χ1v) is 7.10. The van der Waals surface area contributed by atoms with Crippen LogP contribution in [0.1, 0.15) is 0 Å². The number of hydrogen-bond donors (Lipinski definition) is 0. The lowest BCUT2D eigenvalue weighted by molar-refractivity contribution is 0.589. The average Bonchev–Trinajstić information content (AvgIpc) is 2.39. The highest BCUT2D eigenvalue weighted by molar-refractivity contribution is 7.92. The highest BCUT2D eigenvalue weighted by atomic mass is 35.5. The molecule has 0 bridgehead atoms. The van der Waals surface area contributed by atoms with Gasteiger partial charge in [0.1, 0.15) is 15.9 Å². The van der Waals surface area contributed by atoms with Gasteiger partial charge in [0, 0.05) is 13.2 Å². The number of anilines is 1. The normalized spacial score (nSPS) is 11.3. The lowest BCUT2D eigenvalue weighted by Gasteiger charge is -2.19. The number of sulfonamides is 1. The fourth-order valence-corrected chi connectivity index (χ4v) is 2.77. The zero-order valence-electron chi connectivity index (χ0n) is 9.92. The van der Waals surface area contributed by atoms with Gasteiger partial charge in [-0.05, 0) is 24.3 Å². The molecule has 0 radical (unpaired) electrons. The summed E-state index contributed by atoms with van der Waals surface area (Å²) in [5.41, 5.74) is -0.0301. The van der Waals surface area contributed by atoms with Gasteiger partial charge < -0.3 is 0 Å². The molecule has 100 valence electrons. The second-order valence-electron chi connectivity index (χ2n) is 3.74. The predicted octanol–water partition coefficient (Wildman–Crippen LogP) is 2.70. The van der Waals surface area contributed by atoms with Crippen LogP contribution < -0.4 is 4.31 Å². The van der Waals surface area contributed by atoms with Crippen molar-refractivity contribution in [1.82, 2.24) is 4.98 Å². The molecule has 19 heavy (non-hydrogen) atoms. The highest BCUT2D eigenvalue weighted by Gasteiger charge is 2.23. The van der Waals surface area contributed by atoms with E-state index in [1.165, 1.54) is 37.4 Å². The van der Waals surface area contributed by atoms with E-state index in [-0.39, 0.29) is 15.7 Å². The van der Waals surface area contributed by atoms with Gasteiger partial charge in [0.2, 0.25) is 0 Å². The van der Waals surface area contributed by atoms with Crippen LogP contribution >= 0.6 is 11.6 Å². The van der Waals surface area contributed by atoms with Crippen LogP contribution in [-0.2, 0) is 10.0 Å².